The molecule has 1 saturated heterocycles. The van der Waals surface area contributed by atoms with Gasteiger partial charge in [0.25, 0.3) is 0 Å². The summed E-state index contributed by atoms with van der Waals surface area (Å²) in [5, 5.41) is 6.78. The highest BCUT2D eigenvalue weighted by molar-refractivity contribution is 5.79. The van der Waals surface area contributed by atoms with E-state index in [-0.39, 0.29) is 16.8 Å². The highest BCUT2D eigenvalue weighted by Crippen LogP contribution is 2.47. The maximum absolute atomic E-state index is 13.1. The van der Waals surface area contributed by atoms with E-state index < -0.39 is 0 Å². The van der Waals surface area contributed by atoms with Crippen molar-refractivity contribution < 1.29 is 9.13 Å². The molecule has 0 amide bonds. The van der Waals surface area contributed by atoms with Gasteiger partial charge in [-0.3, -0.25) is 4.99 Å². The zero-order valence-corrected chi connectivity index (χ0v) is 14.0. The molecular weight excluding hydrogens is 293 g/mol. The number of rotatable bonds is 5. The summed E-state index contributed by atoms with van der Waals surface area (Å²) in [6.07, 6.45) is 4.46. The molecule has 23 heavy (non-hydrogen) atoms. The predicted octanol–water partition coefficient (Wildman–Crippen LogP) is 2.59. The van der Waals surface area contributed by atoms with Gasteiger partial charge in [0.2, 0.25) is 0 Å². The summed E-state index contributed by atoms with van der Waals surface area (Å²) in [5.41, 5.74) is 1.23. The first-order chi connectivity index (χ1) is 11.1. The fourth-order valence-electron chi connectivity index (χ4n) is 3.24. The molecule has 0 aromatic heterocycles. The maximum Gasteiger partial charge on any atom is 0.191 e. The van der Waals surface area contributed by atoms with Crippen LogP contribution in [-0.2, 0) is 10.2 Å². The molecule has 0 bridgehead atoms. The van der Waals surface area contributed by atoms with Crippen molar-refractivity contribution in [1.29, 1.82) is 0 Å². The number of benzene rings is 1. The van der Waals surface area contributed by atoms with Crippen molar-refractivity contribution in [2.75, 3.05) is 26.7 Å². The number of nitrogens with zero attached hydrogens (tertiary/aromatic N) is 1. The molecule has 2 aliphatic rings. The molecule has 5 heteroatoms. The van der Waals surface area contributed by atoms with Crippen LogP contribution in [0.4, 0.5) is 4.39 Å². The molecule has 2 fully saturated rings. The number of aliphatic imine (C=N–C) groups is 1. The van der Waals surface area contributed by atoms with Crippen LogP contribution in [0.1, 0.15) is 38.2 Å². The van der Waals surface area contributed by atoms with Crippen molar-refractivity contribution in [3.05, 3.63) is 35.6 Å². The van der Waals surface area contributed by atoms with Crippen molar-refractivity contribution in [3.8, 4) is 0 Å². The van der Waals surface area contributed by atoms with Crippen LogP contribution < -0.4 is 10.6 Å². The average molecular weight is 319 g/mol. The Morgan fingerprint density at radius 1 is 1.17 bits per heavy atom. The number of ether oxygens (including phenoxy) is 1. The molecule has 1 unspecified atom stereocenters. The van der Waals surface area contributed by atoms with Crippen LogP contribution in [-0.4, -0.2) is 38.3 Å². The minimum Gasteiger partial charge on any atom is -0.373 e. The molecule has 1 aliphatic carbocycles. The lowest BCUT2D eigenvalue weighted by molar-refractivity contribution is 0.0243. The van der Waals surface area contributed by atoms with Crippen molar-refractivity contribution >= 4 is 5.96 Å². The van der Waals surface area contributed by atoms with Gasteiger partial charge in [-0.2, -0.15) is 0 Å². The third kappa shape index (κ3) is 3.83. The lowest BCUT2D eigenvalue weighted by Crippen LogP contribution is -2.47. The van der Waals surface area contributed by atoms with Gasteiger partial charge in [0.15, 0.2) is 5.96 Å². The van der Waals surface area contributed by atoms with Crippen molar-refractivity contribution in [1.82, 2.24) is 10.6 Å². The Morgan fingerprint density at radius 3 is 2.43 bits per heavy atom. The van der Waals surface area contributed by atoms with Gasteiger partial charge in [-0.15, -0.1) is 0 Å². The van der Waals surface area contributed by atoms with E-state index in [1.807, 2.05) is 12.1 Å². The number of hydrogen-bond donors (Lipinski definition) is 2. The van der Waals surface area contributed by atoms with E-state index in [1.165, 1.54) is 5.56 Å². The zero-order chi connectivity index (χ0) is 16.3. The van der Waals surface area contributed by atoms with E-state index in [2.05, 4.69) is 22.5 Å². The molecule has 1 aromatic rings. The van der Waals surface area contributed by atoms with Gasteiger partial charge in [0, 0.05) is 32.2 Å². The largest absolute Gasteiger partial charge is 0.373 e. The standard InChI is InChI=1S/C18H26FN3O/c1-17(8-3-11-23-17)12-21-16(20-2)22-13-18(9-10-18)14-4-6-15(19)7-5-14/h4-7H,3,8-13H2,1-2H3,(H2,20,21,22). The number of hydrogen-bond acceptors (Lipinski definition) is 2. The van der Waals surface area contributed by atoms with E-state index >= 15 is 0 Å². The van der Waals surface area contributed by atoms with Gasteiger partial charge >= 0.3 is 0 Å². The minimum atomic E-state index is -0.181. The first-order valence-corrected chi connectivity index (χ1v) is 8.40. The van der Waals surface area contributed by atoms with Gasteiger partial charge < -0.3 is 15.4 Å². The Kier molecular flexibility index (Phi) is 4.57. The fourth-order valence-corrected chi connectivity index (χ4v) is 3.24. The molecule has 1 heterocycles. The Hall–Kier alpha value is -1.62. The van der Waals surface area contributed by atoms with Gasteiger partial charge in [-0.25, -0.2) is 4.39 Å². The van der Waals surface area contributed by atoms with Crippen molar-refractivity contribution in [2.24, 2.45) is 4.99 Å². The second-order valence-corrected chi connectivity index (χ2v) is 6.97. The topological polar surface area (TPSA) is 45.7 Å². The summed E-state index contributed by atoms with van der Waals surface area (Å²) < 4.78 is 18.9. The molecule has 126 valence electrons. The molecule has 1 aromatic carbocycles. The normalized spacial score (nSPS) is 26.1. The van der Waals surface area contributed by atoms with E-state index in [4.69, 9.17) is 4.74 Å². The Bertz CT molecular complexity index is 560. The summed E-state index contributed by atoms with van der Waals surface area (Å²) in [6.45, 7) is 4.56. The number of halogens is 1. The molecule has 1 saturated carbocycles. The summed E-state index contributed by atoms with van der Waals surface area (Å²) in [7, 11) is 1.78. The van der Waals surface area contributed by atoms with Gasteiger partial charge in [-0.1, -0.05) is 12.1 Å². The second-order valence-electron chi connectivity index (χ2n) is 6.97. The highest BCUT2D eigenvalue weighted by atomic mass is 19.1. The summed E-state index contributed by atoms with van der Waals surface area (Å²) in [5.74, 6) is 0.620. The first kappa shape index (κ1) is 16.2. The Morgan fingerprint density at radius 2 is 1.87 bits per heavy atom. The summed E-state index contributed by atoms with van der Waals surface area (Å²) >= 11 is 0. The van der Waals surface area contributed by atoms with Crippen LogP contribution in [0.15, 0.2) is 29.3 Å². The predicted molar refractivity (Wildman–Crippen MR) is 90.3 cm³/mol. The minimum absolute atomic E-state index is 0.0914. The van der Waals surface area contributed by atoms with Crippen molar-refractivity contribution in [3.63, 3.8) is 0 Å². The first-order valence-electron chi connectivity index (χ1n) is 8.40. The third-order valence-electron chi connectivity index (χ3n) is 5.06. The fraction of sp³-hybridized carbons (Fsp3) is 0.611. The van der Waals surface area contributed by atoms with Gasteiger partial charge in [-0.05, 0) is 50.3 Å². The molecule has 4 nitrogen and oxygen atoms in total. The van der Waals surface area contributed by atoms with E-state index in [1.54, 1.807) is 19.2 Å². The van der Waals surface area contributed by atoms with E-state index in [0.717, 1.165) is 51.3 Å². The number of nitrogens with one attached hydrogen (secondary N) is 2. The van der Waals surface area contributed by atoms with Crippen LogP contribution in [0.25, 0.3) is 0 Å². The molecule has 3 rings (SSSR count). The van der Waals surface area contributed by atoms with E-state index in [0.29, 0.717) is 0 Å². The third-order valence-corrected chi connectivity index (χ3v) is 5.06. The molecule has 0 radical (unpaired) electrons. The van der Waals surface area contributed by atoms with Crippen molar-refractivity contribution in [2.45, 2.75) is 43.6 Å². The van der Waals surface area contributed by atoms with Gasteiger partial charge in [0.05, 0.1) is 5.60 Å². The molecule has 0 spiro atoms. The van der Waals surface area contributed by atoms with Crippen LogP contribution in [0.5, 0.6) is 0 Å². The van der Waals surface area contributed by atoms with Crippen LogP contribution in [0.3, 0.4) is 0 Å². The van der Waals surface area contributed by atoms with Crippen LogP contribution in [0.2, 0.25) is 0 Å². The maximum atomic E-state index is 13.1. The Balaban J connectivity index is 1.53. The zero-order valence-electron chi connectivity index (χ0n) is 14.0. The lowest BCUT2D eigenvalue weighted by Gasteiger charge is -2.25. The molecule has 2 N–H and O–H groups in total. The van der Waals surface area contributed by atoms with Gasteiger partial charge in [0.1, 0.15) is 5.82 Å². The summed E-state index contributed by atoms with van der Waals surface area (Å²) in [4.78, 5) is 4.30. The smallest absolute Gasteiger partial charge is 0.191 e. The van der Waals surface area contributed by atoms with Crippen LogP contribution in [0, 0.1) is 5.82 Å². The average Bonchev–Trinajstić information content (AvgIpc) is 3.22. The number of guanidine groups is 1. The second kappa shape index (κ2) is 6.48. The quantitative estimate of drug-likeness (QED) is 0.648. The molecule has 1 aliphatic heterocycles. The molecule has 1 atom stereocenters. The summed E-state index contributed by atoms with van der Waals surface area (Å²) in [6, 6.07) is 6.88. The SMILES string of the molecule is CN=C(NCC1(C)CCCO1)NCC1(c2ccc(F)cc2)CC1. The van der Waals surface area contributed by atoms with E-state index in [9.17, 15) is 4.39 Å². The monoisotopic (exact) mass is 319 g/mol. The molecular formula is C18H26FN3O. The van der Waals surface area contributed by atoms with Crippen LogP contribution >= 0.6 is 0 Å². The highest BCUT2D eigenvalue weighted by Gasteiger charge is 2.44. The Labute approximate surface area is 137 Å². The lowest BCUT2D eigenvalue weighted by atomic mass is 9.96.